The van der Waals surface area contributed by atoms with Gasteiger partial charge in [-0.05, 0) is 42.7 Å². The molecule has 0 spiro atoms. The van der Waals surface area contributed by atoms with Crippen LogP contribution in [0.3, 0.4) is 0 Å². The molecule has 1 amide bonds. The van der Waals surface area contributed by atoms with E-state index in [2.05, 4.69) is 15.5 Å². The van der Waals surface area contributed by atoms with Crippen LogP contribution in [0.2, 0.25) is 0 Å². The van der Waals surface area contributed by atoms with E-state index in [0.29, 0.717) is 24.4 Å². The summed E-state index contributed by atoms with van der Waals surface area (Å²) in [6, 6.07) is 10.6. The second kappa shape index (κ2) is 10.1. The van der Waals surface area contributed by atoms with Gasteiger partial charge in [0.2, 0.25) is 5.91 Å². The van der Waals surface area contributed by atoms with E-state index in [-0.39, 0.29) is 21.9 Å². The summed E-state index contributed by atoms with van der Waals surface area (Å²) in [5.41, 5.74) is 0.973. The van der Waals surface area contributed by atoms with E-state index in [1.807, 2.05) is 24.3 Å². The lowest BCUT2D eigenvalue weighted by molar-refractivity contribution is -0.118. The summed E-state index contributed by atoms with van der Waals surface area (Å²) < 4.78 is 30.4. The Kier molecular flexibility index (Phi) is 7.49. The van der Waals surface area contributed by atoms with Crippen molar-refractivity contribution in [2.24, 2.45) is 0 Å². The molecule has 1 saturated carbocycles. The first-order valence-electron chi connectivity index (χ1n) is 9.59. The van der Waals surface area contributed by atoms with Crippen molar-refractivity contribution in [3.63, 3.8) is 0 Å². The number of methoxy groups -OCH3 is 1. The van der Waals surface area contributed by atoms with Gasteiger partial charge in [0.25, 0.3) is 0 Å². The molecule has 1 heterocycles. The van der Waals surface area contributed by atoms with Gasteiger partial charge in [0.05, 0.1) is 18.1 Å². The Labute approximate surface area is 175 Å². The highest BCUT2D eigenvalue weighted by Gasteiger charge is 2.30. The van der Waals surface area contributed by atoms with Gasteiger partial charge in [-0.15, -0.1) is 10.2 Å². The Morgan fingerprint density at radius 1 is 1.10 bits per heavy atom. The molecule has 1 aromatic heterocycles. The maximum Gasteiger partial charge on any atom is 0.230 e. The normalized spacial score (nSPS) is 15.1. The largest absolute Gasteiger partial charge is 0.497 e. The highest BCUT2D eigenvalue weighted by molar-refractivity contribution is 7.99. The Morgan fingerprint density at radius 3 is 2.45 bits per heavy atom. The summed E-state index contributed by atoms with van der Waals surface area (Å²) in [5.74, 6) is 0.814. The third kappa shape index (κ3) is 5.93. The number of sulfone groups is 1. The summed E-state index contributed by atoms with van der Waals surface area (Å²) in [7, 11) is -1.82. The number of rotatable bonds is 8. The third-order valence-electron chi connectivity index (χ3n) is 4.90. The second-order valence-electron chi connectivity index (χ2n) is 6.93. The van der Waals surface area contributed by atoms with Gasteiger partial charge in [-0.1, -0.05) is 43.2 Å². The molecule has 1 aromatic carbocycles. The van der Waals surface area contributed by atoms with Crippen molar-refractivity contribution in [1.82, 2.24) is 15.5 Å². The van der Waals surface area contributed by atoms with Gasteiger partial charge in [-0.2, -0.15) is 0 Å². The zero-order valence-corrected chi connectivity index (χ0v) is 18.0. The Balaban J connectivity index is 1.48. The topological polar surface area (TPSA) is 98.2 Å². The number of nitrogens with one attached hydrogen (secondary N) is 1. The molecular formula is C20H25N3O4S2. The molecule has 0 saturated heterocycles. The number of carbonyl (C=O) groups excluding carboxylic acids is 1. The van der Waals surface area contributed by atoms with Crippen LogP contribution in [-0.2, 0) is 21.2 Å². The zero-order chi connectivity index (χ0) is 20.7. The molecule has 29 heavy (non-hydrogen) atoms. The summed E-state index contributed by atoms with van der Waals surface area (Å²) in [5, 5.41) is 10.9. The van der Waals surface area contributed by atoms with Crippen LogP contribution < -0.4 is 10.1 Å². The Hall–Kier alpha value is -2.13. The van der Waals surface area contributed by atoms with Crippen LogP contribution in [0.1, 0.15) is 37.7 Å². The molecule has 0 bridgehead atoms. The first-order chi connectivity index (χ1) is 14.0. The fourth-order valence-corrected chi connectivity index (χ4v) is 5.57. The maximum absolute atomic E-state index is 12.6. The van der Waals surface area contributed by atoms with Gasteiger partial charge in [-0.3, -0.25) is 4.79 Å². The van der Waals surface area contributed by atoms with Crippen molar-refractivity contribution in [3.8, 4) is 5.75 Å². The zero-order valence-electron chi connectivity index (χ0n) is 16.3. The number of carbonyl (C=O) groups is 1. The van der Waals surface area contributed by atoms with Gasteiger partial charge in [0.1, 0.15) is 10.8 Å². The van der Waals surface area contributed by atoms with Crippen molar-refractivity contribution >= 4 is 27.5 Å². The van der Waals surface area contributed by atoms with Crippen molar-refractivity contribution in [1.29, 1.82) is 0 Å². The number of ether oxygens (including phenoxy) is 1. The number of benzene rings is 1. The lowest BCUT2D eigenvalue weighted by Gasteiger charge is -2.20. The van der Waals surface area contributed by atoms with Crippen LogP contribution in [0, 0.1) is 0 Å². The monoisotopic (exact) mass is 435 g/mol. The van der Waals surface area contributed by atoms with Crippen LogP contribution in [0.4, 0.5) is 0 Å². The van der Waals surface area contributed by atoms with E-state index in [1.165, 1.54) is 17.8 Å². The first kappa shape index (κ1) is 21.6. The summed E-state index contributed by atoms with van der Waals surface area (Å²) in [6.07, 6.45) is 4.35. The SMILES string of the molecule is COc1ccc(CNC(=O)CSc2ccc(S(=O)(=O)C3CCCCC3)nn2)cc1. The highest BCUT2D eigenvalue weighted by atomic mass is 32.2. The molecule has 9 heteroatoms. The molecule has 1 aliphatic carbocycles. The predicted octanol–water partition coefficient (Wildman–Crippen LogP) is 3.00. The van der Waals surface area contributed by atoms with Gasteiger partial charge >= 0.3 is 0 Å². The van der Waals surface area contributed by atoms with Gasteiger partial charge in [0.15, 0.2) is 14.9 Å². The van der Waals surface area contributed by atoms with Crippen LogP contribution in [0.15, 0.2) is 46.5 Å². The molecule has 7 nitrogen and oxygen atoms in total. The predicted molar refractivity (Wildman–Crippen MR) is 112 cm³/mol. The van der Waals surface area contributed by atoms with Crippen molar-refractivity contribution in [2.45, 2.75) is 54.0 Å². The lowest BCUT2D eigenvalue weighted by atomic mass is 10.0. The number of hydrogen-bond acceptors (Lipinski definition) is 7. The quantitative estimate of drug-likeness (QED) is 0.637. The minimum absolute atomic E-state index is 0.0257. The van der Waals surface area contributed by atoms with Crippen molar-refractivity contribution in [2.75, 3.05) is 12.9 Å². The van der Waals surface area contributed by atoms with E-state index >= 15 is 0 Å². The van der Waals surface area contributed by atoms with Crippen LogP contribution in [0.25, 0.3) is 0 Å². The van der Waals surface area contributed by atoms with Gasteiger partial charge in [0, 0.05) is 6.54 Å². The highest BCUT2D eigenvalue weighted by Crippen LogP contribution is 2.28. The molecule has 1 aliphatic rings. The van der Waals surface area contributed by atoms with E-state index in [4.69, 9.17) is 4.74 Å². The minimum atomic E-state index is -3.43. The standard InChI is InChI=1S/C20H25N3O4S2/c1-27-16-9-7-15(8-10-16)13-21-18(24)14-28-19-11-12-20(23-22-19)29(25,26)17-5-3-2-4-6-17/h7-12,17H,2-6,13-14H2,1H3,(H,21,24). The molecule has 0 aliphatic heterocycles. The second-order valence-corrected chi connectivity index (χ2v) is 10.1. The van der Waals surface area contributed by atoms with E-state index < -0.39 is 9.84 Å². The number of nitrogens with zero attached hydrogens (tertiary/aromatic N) is 2. The maximum atomic E-state index is 12.6. The lowest BCUT2D eigenvalue weighted by Crippen LogP contribution is -2.25. The van der Waals surface area contributed by atoms with Gasteiger partial charge in [-0.25, -0.2) is 8.42 Å². The fraction of sp³-hybridized carbons (Fsp3) is 0.450. The Morgan fingerprint density at radius 2 is 1.83 bits per heavy atom. The smallest absolute Gasteiger partial charge is 0.230 e. The summed E-state index contributed by atoms with van der Waals surface area (Å²) in [4.78, 5) is 12.0. The fourth-order valence-electron chi connectivity index (χ4n) is 3.22. The van der Waals surface area contributed by atoms with E-state index in [1.54, 1.807) is 13.2 Å². The number of aromatic nitrogens is 2. The average molecular weight is 436 g/mol. The third-order valence-corrected chi connectivity index (χ3v) is 7.97. The molecule has 1 fully saturated rings. The molecule has 156 valence electrons. The number of amides is 1. The summed E-state index contributed by atoms with van der Waals surface area (Å²) >= 11 is 1.22. The van der Waals surface area contributed by atoms with Crippen molar-refractivity contribution in [3.05, 3.63) is 42.0 Å². The average Bonchev–Trinajstić information content (AvgIpc) is 2.77. The molecule has 3 rings (SSSR count). The molecule has 0 radical (unpaired) electrons. The summed E-state index contributed by atoms with van der Waals surface area (Å²) in [6.45, 7) is 0.424. The van der Waals surface area contributed by atoms with Gasteiger partial charge < -0.3 is 10.1 Å². The van der Waals surface area contributed by atoms with Crippen LogP contribution in [-0.4, -0.2) is 42.6 Å². The van der Waals surface area contributed by atoms with E-state index in [9.17, 15) is 13.2 Å². The number of thioether (sulfide) groups is 1. The molecule has 1 N–H and O–H groups in total. The first-order valence-corrected chi connectivity index (χ1v) is 12.1. The molecular weight excluding hydrogens is 410 g/mol. The number of hydrogen-bond donors (Lipinski definition) is 1. The Bertz CT molecular complexity index is 910. The van der Waals surface area contributed by atoms with E-state index in [0.717, 1.165) is 30.6 Å². The molecule has 0 atom stereocenters. The van der Waals surface area contributed by atoms with Crippen LogP contribution >= 0.6 is 11.8 Å². The molecule has 2 aromatic rings. The minimum Gasteiger partial charge on any atom is -0.497 e. The van der Waals surface area contributed by atoms with Crippen molar-refractivity contribution < 1.29 is 17.9 Å². The van der Waals surface area contributed by atoms with Crippen LogP contribution in [0.5, 0.6) is 5.75 Å². The molecule has 0 unspecified atom stereocenters.